The van der Waals surface area contributed by atoms with Crippen molar-refractivity contribution in [2.75, 3.05) is 52.2 Å². The van der Waals surface area contributed by atoms with Crippen molar-refractivity contribution in [2.24, 2.45) is 4.99 Å². The van der Waals surface area contributed by atoms with Crippen LogP contribution in [0, 0.1) is 0 Å². The number of nitrogens with one attached hydrogen (secondary N) is 1. The SMILES string of the molecule is CN=C(NCc1ccnc(N2CCN(C)CC2)c1)N(C)Cc1ccon1.I. The lowest BCUT2D eigenvalue weighted by Crippen LogP contribution is -2.44. The number of pyridine rings is 1. The lowest BCUT2D eigenvalue weighted by atomic mass is 10.2. The fourth-order valence-corrected chi connectivity index (χ4v) is 2.98. The lowest BCUT2D eigenvalue weighted by molar-refractivity contribution is 0.312. The normalized spacial score (nSPS) is 15.4. The van der Waals surface area contributed by atoms with E-state index in [-0.39, 0.29) is 24.0 Å². The summed E-state index contributed by atoms with van der Waals surface area (Å²) < 4.78 is 4.88. The van der Waals surface area contributed by atoms with E-state index in [2.05, 4.69) is 43.4 Å². The Hall–Kier alpha value is -1.88. The van der Waals surface area contributed by atoms with Gasteiger partial charge in [0.15, 0.2) is 5.96 Å². The van der Waals surface area contributed by atoms with Gasteiger partial charge in [-0.15, -0.1) is 24.0 Å². The quantitative estimate of drug-likeness (QED) is 0.392. The van der Waals surface area contributed by atoms with Crippen LogP contribution >= 0.6 is 24.0 Å². The number of halogens is 1. The van der Waals surface area contributed by atoms with Gasteiger partial charge in [-0.25, -0.2) is 4.98 Å². The fourth-order valence-electron chi connectivity index (χ4n) is 2.98. The highest BCUT2D eigenvalue weighted by Crippen LogP contribution is 2.14. The van der Waals surface area contributed by atoms with Crippen molar-refractivity contribution in [3.8, 4) is 0 Å². The summed E-state index contributed by atoms with van der Waals surface area (Å²) in [6.45, 7) is 5.51. The average Bonchev–Trinajstić information content (AvgIpc) is 3.16. The largest absolute Gasteiger partial charge is 0.364 e. The molecule has 0 radical (unpaired) electrons. The summed E-state index contributed by atoms with van der Waals surface area (Å²) in [4.78, 5) is 15.6. The molecule has 0 aromatic carbocycles. The van der Waals surface area contributed by atoms with Crippen LogP contribution < -0.4 is 10.2 Å². The summed E-state index contributed by atoms with van der Waals surface area (Å²) in [7, 11) is 5.92. The molecule has 148 valence electrons. The maximum atomic E-state index is 4.88. The molecule has 0 spiro atoms. The smallest absolute Gasteiger partial charge is 0.194 e. The van der Waals surface area contributed by atoms with E-state index in [4.69, 9.17) is 4.52 Å². The summed E-state index contributed by atoms with van der Waals surface area (Å²) in [6.07, 6.45) is 3.46. The molecule has 2 aromatic heterocycles. The number of hydrogen-bond acceptors (Lipinski definition) is 6. The van der Waals surface area contributed by atoms with Gasteiger partial charge in [-0.2, -0.15) is 0 Å². The third kappa shape index (κ3) is 6.06. The van der Waals surface area contributed by atoms with Crippen molar-refractivity contribution in [1.29, 1.82) is 0 Å². The molecule has 0 saturated carbocycles. The van der Waals surface area contributed by atoms with Crippen molar-refractivity contribution < 1.29 is 4.52 Å². The summed E-state index contributed by atoms with van der Waals surface area (Å²) in [5.41, 5.74) is 2.06. The standard InChI is InChI=1S/C18H27N7O.HI/c1-19-18(24(3)14-16-5-11-26-22-16)21-13-15-4-6-20-17(12-15)25-9-7-23(2)8-10-25;/h4-6,11-12H,7-10,13-14H2,1-3H3,(H,19,21);1H. The molecule has 0 atom stereocenters. The number of likely N-dealkylation sites (N-methyl/N-ethyl adjacent to an activating group) is 1. The van der Waals surface area contributed by atoms with Crippen LogP contribution in [-0.2, 0) is 13.1 Å². The molecule has 1 saturated heterocycles. The van der Waals surface area contributed by atoms with Gasteiger partial charge in [0.2, 0.25) is 0 Å². The van der Waals surface area contributed by atoms with Crippen LogP contribution in [0.1, 0.15) is 11.3 Å². The van der Waals surface area contributed by atoms with Crippen molar-refractivity contribution in [3.63, 3.8) is 0 Å². The zero-order valence-electron chi connectivity index (χ0n) is 16.1. The van der Waals surface area contributed by atoms with E-state index in [1.165, 1.54) is 5.56 Å². The highest BCUT2D eigenvalue weighted by atomic mass is 127. The number of aliphatic imine (C=N–C) groups is 1. The fraction of sp³-hybridized carbons (Fsp3) is 0.500. The van der Waals surface area contributed by atoms with Gasteiger partial charge >= 0.3 is 0 Å². The van der Waals surface area contributed by atoms with Gasteiger partial charge in [-0.1, -0.05) is 5.16 Å². The van der Waals surface area contributed by atoms with Crippen LogP contribution in [0.4, 0.5) is 5.82 Å². The first kappa shape index (κ1) is 21.4. The molecule has 0 amide bonds. The molecule has 3 rings (SSSR count). The van der Waals surface area contributed by atoms with E-state index in [1.807, 2.05) is 30.3 Å². The highest BCUT2D eigenvalue weighted by molar-refractivity contribution is 14.0. The molecule has 1 aliphatic heterocycles. The number of rotatable bonds is 5. The lowest BCUT2D eigenvalue weighted by Gasteiger charge is -2.33. The van der Waals surface area contributed by atoms with Crippen LogP contribution in [0.5, 0.6) is 0 Å². The molecule has 0 unspecified atom stereocenters. The third-order valence-corrected chi connectivity index (χ3v) is 4.55. The first-order valence-corrected chi connectivity index (χ1v) is 8.85. The Balaban J connectivity index is 0.00000261. The molecule has 1 N–H and O–H groups in total. The Morgan fingerprint density at radius 2 is 2.07 bits per heavy atom. The average molecular weight is 485 g/mol. The summed E-state index contributed by atoms with van der Waals surface area (Å²) in [6, 6.07) is 6.05. The minimum Gasteiger partial charge on any atom is -0.364 e. The number of nitrogens with zero attached hydrogens (tertiary/aromatic N) is 6. The zero-order chi connectivity index (χ0) is 18.4. The molecule has 0 bridgehead atoms. The van der Waals surface area contributed by atoms with Gasteiger partial charge in [-0.3, -0.25) is 4.99 Å². The number of anilines is 1. The maximum Gasteiger partial charge on any atom is 0.194 e. The van der Waals surface area contributed by atoms with E-state index in [0.717, 1.165) is 43.7 Å². The Morgan fingerprint density at radius 1 is 1.30 bits per heavy atom. The van der Waals surface area contributed by atoms with Crippen molar-refractivity contribution in [3.05, 3.63) is 41.9 Å². The molecular weight excluding hydrogens is 457 g/mol. The van der Waals surface area contributed by atoms with Gasteiger partial charge in [0.05, 0.1) is 6.54 Å². The number of guanidine groups is 1. The molecule has 3 heterocycles. The molecule has 8 nitrogen and oxygen atoms in total. The molecule has 2 aromatic rings. The third-order valence-electron chi connectivity index (χ3n) is 4.55. The Bertz CT molecular complexity index is 714. The second-order valence-electron chi connectivity index (χ2n) is 6.56. The van der Waals surface area contributed by atoms with Gasteiger partial charge < -0.3 is 24.5 Å². The Morgan fingerprint density at radius 3 is 2.74 bits per heavy atom. The van der Waals surface area contributed by atoms with E-state index in [9.17, 15) is 0 Å². The molecule has 1 fully saturated rings. The van der Waals surface area contributed by atoms with Gasteiger partial charge in [0.25, 0.3) is 0 Å². The van der Waals surface area contributed by atoms with Gasteiger partial charge in [0, 0.05) is 59.1 Å². The second-order valence-corrected chi connectivity index (χ2v) is 6.56. The first-order valence-electron chi connectivity index (χ1n) is 8.85. The predicted molar refractivity (Wildman–Crippen MR) is 118 cm³/mol. The molecule has 27 heavy (non-hydrogen) atoms. The monoisotopic (exact) mass is 485 g/mol. The van der Waals surface area contributed by atoms with Crippen LogP contribution in [0.2, 0.25) is 0 Å². The minimum absolute atomic E-state index is 0. The number of piperazine rings is 1. The van der Waals surface area contributed by atoms with Crippen molar-refractivity contribution >= 4 is 35.8 Å². The molecular formula is C18H28IN7O. The predicted octanol–water partition coefficient (Wildman–Crippen LogP) is 1.65. The van der Waals surface area contributed by atoms with Gasteiger partial charge in [0.1, 0.15) is 17.8 Å². The zero-order valence-corrected chi connectivity index (χ0v) is 18.5. The Labute approximate surface area is 177 Å². The molecule has 0 aliphatic carbocycles. The van der Waals surface area contributed by atoms with Crippen LogP contribution in [0.15, 0.2) is 40.2 Å². The summed E-state index contributed by atoms with van der Waals surface area (Å²) in [5.74, 6) is 1.86. The second kappa shape index (κ2) is 10.5. The number of hydrogen-bond donors (Lipinski definition) is 1. The van der Waals surface area contributed by atoms with E-state index in [1.54, 1.807) is 13.3 Å². The highest BCUT2D eigenvalue weighted by Gasteiger charge is 2.15. The summed E-state index contributed by atoms with van der Waals surface area (Å²) in [5, 5.41) is 7.34. The Kier molecular flexibility index (Phi) is 8.29. The van der Waals surface area contributed by atoms with Crippen molar-refractivity contribution in [2.45, 2.75) is 13.1 Å². The topological polar surface area (TPSA) is 73.0 Å². The van der Waals surface area contributed by atoms with E-state index < -0.39 is 0 Å². The van der Waals surface area contributed by atoms with E-state index in [0.29, 0.717) is 13.1 Å². The van der Waals surface area contributed by atoms with Crippen LogP contribution in [0.25, 0.3) is 0 Å². The van der Waals surface area contributed by atoms with Gasteiger partial charge in [-0.05, 0) is 24.7 Å². The van der Waals surface area contributed by atoms with Crippen LogP contribution in [0.3, 0.4) is 0 Å². The molecule has 1 aliphatic rings. The van der Waals surface area contributed by atoms with E-state index >= 15 is 0 Å². The van der Waals surface area contributed by atoms with Crippen LogP contribution in [-0.4, -0.2) is 73.2 Å². The first-order chi connectivity index (χ1) is 12.7. The minimum atomic E-state index is 0. The number of aromatic nitrogens is 2. The summed E-state index contributed by atoms with van der Waals surface area (Å²) >= 11 is 0. The molecule has 9 heteroatoms. The maximum absolute atomic E-state index is 4.88. The van der Waals surface area contributed by atoms with Crippen molar-refractivity contribution in [1.82, 2.24) is 25.3 Å².